The van der Waals surface area contributed by atoms with Crippen molar-refractivity contribution in [3.63, 3.8) is 0 Å². The summed E-state index contributed by atoms with van der Waals surface area (Å²) in [5.41, 5.74) is -0.455. The Hall–Kier alpha value is -2.70. The smallest absolute Gasteiger partial charge is 0.383 e. The predicted octanol–water partition coefficient (Wildman–Crippen LogP) is 4.18. The maximum Gasteiger partial charge on any atom is 0.383 e. The van der Waals surface area contributed by atoms with Gasteiger partial charge in [-0.2, -0.15) is 0 Å². The van der Waals surface area contributed by atoms with Gasteiger partial charge in [0.15, 0.2) is 5.75 Å². The molecule has 1 heterocycles. The molecule has 0 radical (unpaired) electrons. The third-order valence-corrected chi connectivity index (χ3v) is 4.15. The zero-order chi connectivity index (χ0) is 20.4. The summed E-state index contributed by atoms with van der Waals surface area (Å²) in [6.07, 6.45) is 4.79. The maximum absolute atomic E-state index is 12.1. The van der Waals surface area contributed by atoms with Crippen molar-refractivity contribution in [1.29, 1.82) is 0 Å². The van der Waals surface area contributed by atoms with E-state index in [4.69, 9.17) is 18.6 Å². The van der Waals surface area contributed by atoms with Gasteiger partial charge in [0.2, 0.25) is 5.75 Å². The molecule has 28 heavy (non-hydrogen) atoms. The average Bonchev–Trinajstić information content (AvgIpc) is 2.68. The molecule has 0 unspecified atom stereocenters. The molecule has 0 saturated carbocycles. The van der Waals surface area contributed by atoms with Crippen LogP contribution in [-0.4, -0.2) is 30.9 Å². The van der Waals surface area contributed by atoms with Crippen LogP contribution in [0.5, 0.6) is 17.2 Å². The van der Waals surface area contributed by atoms with E-state index in [2.05, 4.69) is 6.92 Å². The van der Waals surface area contributed by atoms with Gasteiger partial charge < -0.3 is 23.7 Å². The number of unbranched alkanes of at least 4 members (excludes halogenated alkanes) is 3. The number of hydrogen-bond donors (Lipinski definition) is 1. The zero-order valence-corrected chi connectivity index (χ0v) is 16.5. The van der Waals surface area contributed by atoms with Crippen molar-refractivity contribution in [2.24, 2.45) is 0 Å². The molecule has 1 aromatic carbocycles. The van der Waals surface area contributed by atoms with Gasteiger partial charge in [0.25, 0.3) is 0 Å². The van der Waals surface area contributed by atoms with E-state index in [0.29, 0.717) is 37.4 Å². The Labute approximate surface area is 164 Å². The molecule has 0 bridgehead atoms. The van der Waals surface area contributed by atoms with E-state index < -0.39 is 5.63 Å². The van der Waals surface area contributed by atoms with E-state index >= 15 is 0 Å². The third kappa shape index (κ3) is 6.18. The lowest BCUT2D eigenvalue weighted by Gasteiger charge is -2.10. The number of rotatable bonds is 12. The highest BCUT2D eigenvalue weighted by Gasteiger charge is 2.16. The normalized spacial score (nSPS) is 10.8. The predicted molar refractivity (Wildman–Crippen MR) is 105 cm³/mol. The fourth-order valence-electron chi connectivity index (χ4n) is 2.71. The van der Waals surface area contributed by atoms with E-state index in [-0.39, 0.29) is 29.5 Å². The van der Waals surface area contributed by atoms with Crippen molar-refractivity contribution < 1.29 is 28.5 Å². The van der Waals surface area contributed by atoms with E-state index in [1.807, 2.05) is 0 Å². The first kappa shape index (κ1) is 21.6. The van der Waals surface area contributed by atoms with Crippen LogP contribution in [0.15, 0.2) is 27.4 Å². The van der Waals surface area contributed by atoms with Gasteiger partial charge in [0, 0.05) is 6.42 Å². The van der Waals surface area contributed by atoms with E-state index in [1.165, 1.54) is 0 Å². The highest BCUT2D eigenvalue weighted by Crippen LogP contribution is 2.33. The standard InChI is InChI=1S/C21H28O7/c1-3-5-6-7-12-27-20-19(23)16-14-15(10-11-17(16)28-21(20)24)26-13-8-9-18(22)25-4-2/h10-11,14,23H,3-9,12-13H2,1-2H3. The molecule has 1 N–H and O–H groups in total. The number of carbonyl (C=O) groups is 1. The number of benzene rings is 1. The SMILES string of the molecule is CCCCCCOc1c(O)c2cc(OCCCC(=O)OCC)ccc2oc1=O. The summed E-state index contributed by atoms with van der Waals surface area (Å²) in [6.45, 7) is 4.90. The van der Waals surface area contributed by atoms with Gasteiger partial charge in [-0.1, -0.05) is 26.2 Å². The van der Waals surface area contributed by atoms with Crippen LogP contribution in [0, 0.1) is 0 Å². The van der Waals surface area contributed by atoms with Crippen LogP contribution in [-0.2, 0) is 9.53 Å². The third-order valence-electron chi connectivity index (χ3n) is 4.15. The van der Waals surface area contributed by atoms with Crippen molar-refractivity contribution in [3.8, 4) is 17.2 Å². The molecule has 0 aliphatic heterocycles. The monoisotopic (exact) mass is 392 g/mol. The van der Waals surface area contributed by atoms with Crippen molar-refractivity contribution in [1.82, 2.24) is 0 Å². The minimum absolute atomic E-state index is 0.177. The van der Waals surface area contributed by atoms with Crippen LogP contribution in [0.25, 0.3) is 11.0 Å². The molecule has 7 nitrogen and oxygen atoms in total. The molecule has 0 aliphatic rings. The molecule has 2 rings (SSSR count). The van der Waals surface area contributed by atoms with Gasteiger partial charge in [0.05, 0.1) is 25.2 Å². The summed E-state index contributed by atoms with van der Waals surface area (Å²) in [6, 6.07) is 4.78. The van der Waals surface area contributed by atoms with Gasteiger partial charge in [-0.25, -0.2) is 4.79 Å². The highest BCUT2D eigenvalue weighted by atomic mass is 16.5. The molecule has 154 valence electrons. The number of hydrogen-bond acceptors (Lipinski definition) is 7. The molecule has 0 aliphatic carbocycles. The van der Waals surface area contributed by atoms with Gasteiger partial charge in [0.1, 0.15) is 11.3 Å². The average molecular weight is 392 g/mol. The Morgan fingerprint density at radius 2 is 1.86 bits per heavy atom. The number of esters is 1. The summed E-state index contributed by atoms with van der Waals surface area (Å²) < 4.78 is 21.2. The molecule has 7 heteroatoms. The Balaban J connectivity index is 2.02. The minimum Gasteiger partial charge on any atom is -0.504 e. The second kappa shape index (κ2) is 11.2. The lowest BCUT2D eigenvalue weighted by Crippen LogP contribution is -2.09. The second-order valence-electron chi connectivity index (χ2n) is 6.39. The maximum atomic E-state index is 12.1. The Bertz CT molecular complexity index is 825. The lowest BCUT2D eigenvalue weighted by molar-refractivity contribution is -0.143. The van der Waals surface area contributed by atoms with Crippen molar-refractivity contribution in [3.05, 3.63) is 28.6 Å². The van der Waals surface area contributed by atoms with E-state index in [1.54, 1.807) is 25.1 Å². The fourth-order valence-corrected chi connectivity index (χ4v) is 2.71. The molecule has 0 saturated heterocycles. The first-order chi connectivity index (χ1) is 13.6. The van der Waals surface area contributed by atoms with Crippen molar-refractivity contribution >= 4 is 16.9 Å². The Morgan fingerprint density at radius 3 is 2.61 bits per heavy atom. The quantitative estimate of drug-likeness (QED) is 0.329. The van der Waals surface area contributed by atoms with Crippen LogP contribution in [0.3, 0.4) is 0 Å². The molecule has 2 aromatic rings. The molecule has 0 fully saturated rings. The van der Waals surface area contributed by atoms with Gasteiger partial charge >= 0.3 is 11.6 Å². The van der Waals surface area contributed by atoms with Crippen molar-refractivity contribution in [2.75, 3.05) is 19.8 Å². The number of ether oxygens (including phenoxy) is 3. The Morgan fingerprint density at radius 1 is 1.07 bits per heavy atom. The fraction of sp³-hybridized carbons (Fsp3) is 0.524. The van der Waals surface area contributed by atoms with E-state index in [0.717, 1.165) is 25.7 Å². The summed E-state index contributed by atoms with van der Waals surface area (Å²) in [7, 11) is 0. The van der Waals surface area contributed by atoms with Gasteiger partial charge in [-0.05, 0) is 38.0 Å². The summed E-state index contributed by atoms with van der Waals surface area (Å²) in [5, 5.41) is 10.8. The number of aromatic hydroxyl groups is 1. The van der Waals surface area contributed by atoms with Crippen LogP contribution >= 0.6 is 0 Å². The second-order valence-corrected chi connectivity index (χ2v) is 6.39. The van der Waals surface area contributed by atoms with Crippen LogP contribution in [0.2, 0.25) is 0 Å². The molecule has 0 atom stereocenters. The molecular weight excluding hydrogens is 364 g/mol. The largest absolute Gasteiger partial charge is 0.504 e. The Kier molecular flexibility index (Phi) is 8.65. The molecule has 0 amide bonds. The summed E-state index contributed by atoms with van der Waals surface area (Å²) >= 11 is 0. The summed E-state index contributed by atoms with van der Waals surface area (Å²) in [4.78, 5) is 23.4. The van der Waals surface area contributed by atoms with Crippen molar-refractivity contribution in [2.45, 2.75) is 52.4 Å². The summed E-state index contributed by atoms with van der Waals surface area (Å²) in [5.74, 6) is -0.193. The van der Waals surface area contributed by atoms with Gasteiger partial charge in [-0.3, -0.25) is 4.79 Å². The minimum atomic E-state index is -0.705. The molecule has 0 spiro atoms. The first-order valence-electron chi connectivity index (χ1n) is 9.77. The van der Waals surface area contributed by atoms with Crippen LogP contribution in [0.1, 0.15) is 52.4 Å². The highest BCUT2D eigenvalue weighted by molar-refractivity contribution is 5.86. The van der Waals surface area contributed by atoms with Gasteiger partial charge in [-0.15, -0.1) is 0 Å². The first-order valence-corrected chi connectivity index (χ1v) is 9.77. The van der Waals surface area contributed by atoms with Crippen LogP contribution < -0.4 is 15.1 Å². The number of fused-ring (bicyclic) bond motifs is 1. The topological polar surface area (TPSA) is 95.2 Å². The van der Waals surface area contributed by atoms with E-state index in [9.17, 15) is 14.7 Å². The molecular formula is C21H28O7. The van der Waals surface area contributed by atoms with Crippen LogP contribution in [0.4, 0.5) is 0 Å². The number of carbonyl (C=O) groups excluding carboxylic acids is 1. The zero-order valence-electron chi connectivity index (χ0n) is 16.5. The molecule has 1 aromatic heterocycles. The lowest BCUT2D eigenvalue weighted by atomic mass is 10.2.